The van der Waals surface area contributed by atoms with E-state index >= 15 is 0 Å². The normalized spacial score (nSPS) is 10.2. The highest BCUT2D eigenvalue weighted by Gasteiger charge is 2.15. The van der Waals surface area contributed by atoms with Crippen molar-refractivity contribution in [3.8, 4) is 0 Å². The summed E-state index contributed by atoms with van der Waals surface area (Å²) in [5.74, 6) is -1.37. The van der Waals surface area contributed by atoms with Gasteiger partial charge < -0.3 is 10.4 Å². The predicted octanol–water partition coefficient (Wildman–Crippen LogP) is 3.66. The molecule has 0 saturated heterocycles. The quantitative estimate of drug-likeness (QED) is 0.908. The van der Waals surface area contributed by atoms with E-state index in [1.165, 1.54) is 17.4 Å². The van der Waals surface area contributed by atoms with Crippen molar-refractivity contribution in [2.24, 2.45) is 0 Å². The SMILES string of the molecule is Cc1c(NC(=O)c2sccc2Cl)cccc1C(=O)O. The molecule has 2 aromatic rings. The van der Waals surface area contributed by atoms with Gasteiger partial charge in [0.1, 0.15) is 4.88 Å². The van der Waals surface area contributed by atoms with E-state index in [2.05, 4.69) is 5.32 Å². The monoisotopic (exact) mass is 295 g/mol. The number of aromatic carboxylic acids is 1. The van der Waals surface area contributed by atoms with Gasteiger partial charge in [0.15, 0.2) is 0 Å². The van der Waals surface area contributed by atoms with Crippen LogP contribution in [-0.4, -0.2) is 17.0 Å². The third kappa shape index (κ3) is 2.77. The van der Waals surface area contributed by atoms with Gasteiger partial charge in [0.05, 0.1) is 10.6 Å². The molecule has 0 bridgehead atoms. The summed E-state index contributed by atoms with van der Waals surface area (Å²) in [4.78, 5) is 23.4. The van der Waals surface area contributed by atoms with Crippen LogP contribution >= 0.6 is 22.9 Å². The highest BCUT2D eigenvalue weighted by Crippen LogP contribution is 2.25. The van der Waals surface area contributed by atoms with Crippen LogP contribution in [0.5, 0.6) is 0 Å². The molecule has 0 fully saturated rings. The minimum atomic E-state index is -1.03. The molecular weight excluding hydrogens is 286 g/mol. The molecule has 0 aliphatic heterocycles. The van der Waals surface area contributed by atoms with Crippen LogP contribution in [0.1, 0.15) is 25.6 Å². The number of carbonyl (C=O) groups excluding carboxylic acids is 1. The van der Waals surface area contributed by atoms with E-state index in [0.717, 1.165) is 0 Å². The molecule has 1 aromatic carbocycles. The summed E-state index contributed by atoms with van der Waals surface area (Å²) >= 11 is 7.11. The first-order valence-electron chi connectivity index (χ1n) is 5.38. The molecule has 0 atom stereocenters. The summed E-state index contributed by atoms with van der Waals surface area (Å²) < 4.78 is 0. The van der Waals surface area contributed by atoms with Crippen molar-refractivity contribution in [1.29, 1.82) is 0 Å². The zero-order chi connectivity index (χ0) is 14.0. The molecule has 6 heteroatoms. The molecule has 0 unspecified atom stereocenters. The Balaban J connectivity index is 2.30. The highest BCUT2D eigenvalue weighted by molar-refractivity contribution is 7.12. The maximum atomic E-state index is 12.0. The number of anilines is 1. The first-order valence-corrected chi connectivity index (χ1v) is 6.63. The second-order valence-electron chi connectivity index (χ2n) is 3.84. The Bertz CT molecular complexity index is 651. The number of rotatable bonds is 3. The number of amides is 1. The van der Waals surface area contributed by atoms with E-state index in [1.54, 1.807) is 30.5 Å². The molecule has 2 N–H and O–H groups in total. The lowest BCUT2D eigenvalue weighted by atomic mass is 10.1. The van der Waals surface area contributed by atoms with Crippen molar-refractivity contribution in [2.45, 2.75) is 6.92 Å². The number of carboxylic acid groups (broad SMARTS) is 1. The molecule has 1 heterocycles. The zero-order valence-corrected chi connectivity index (χ0v) is 11.5. The van der Waals surface area contributed by atoms with Gasteiger partial charge in [-0.25, -0.2) is 4.79 Å². The maximum Gasteiger partial charge on any atom is 0.336 e. The minimum Gasteiger partial charge on any atom is -0.478 e. The van der Waals surface area contributed by atoms with Gasteiger partial charge in [-0.15, -0.1) is 11.3 Å². The van der Waals surface area contributed by atoms with Crippen LogP contribution in [-0.2, 0) is 0 Å². The molecule has 2 rings (SSSR count). The zero-order valence-electron chi connectivity index (χ0n) is 9.94. The lowest BCUT2D eigenvalue weighted by molar-refractivity contribution is 0.0695. The number of thiophene rings is 1. The standard InChI is InChI=1S/C13H10ClNO3S/c1-7-8(13(17)18)3-2-4-10(7)15-12(16)11-9(14)5-6-19-11/h2-6H,1H3,(H,15,16)(H,17,18). The van der Waals surface area contributed by atoms with Crippen molar-refractivity contribution in [1.82, 2.24) is 0 Å². The number of hydrogen-bond acceptors (Lipinski definition) is 3. The van der Waals surface area contributed by atoms with Crippen LogP contribution in [0.25, 0.3) is 0 Å². The Labute approximate surface area is 118 Å². The second-order valence-corrected chi connectivity index (χ2v) is 5.16. The van der Waals surface area contributed by atoms with Crippen molar-refractivity contribution in [3.05, 3.63) is 50.7 Å². The summed E-state index contributed by atoms with van der Waals surface area (Å²) in [6.07, 6.45) is 0. The third-order valence-electron chi connectivity index (χ3n) is 2.64. The van der Waals surface area contributed by atoms with Gasteiger partial charge >= 0.3 is 5.97 Å². The van der Waals surface area contributed by atoms with Gasteiger partial charge in [-0.3, -0.25) is 4.79 Å². The summed E-state index contributed by atoms with van der Waals surface area (Å²) in [5, 5.41) is 13.8. The van der Waals surface area contributed by atoms with Gasteiger partial charge in [0.2, 0.25) is 0 Å². The topological polar surface area (TPSA) is 66.4 Å². The largest absolute Gasteiger partial charge is 0.478 e. The Morgan fingerprint density at radius 2 is 2.05 bits per heavy atom. The molecule has 0 spiro atoms. The van der Waals surface area contributed by atoms with E-state index in [-0.39, 0.29) is 11.5 Å². The molecular formula is C13H10ClNO3S. The van der Waals surface area contributed by atoms with Crippen molar-refractivity contribution < 1.29 is 14.7 Å². The first-order chi connectivity index (χ1) is 9.00. The lowest BCUT2D eigenvalue weighted by Gasteiger charge is -2.09. The summed E-state index contributed by atoms with van der Waals surface area (Å²) in [6.45, 7) is 1.65. The molecule has 1 aromatic heterocycles. The molecule has 0 saturated carbocycles. The predicted molar refractivity (Wildman–Crippen MR) is 75.4 cm³/mol. The van der Waals surface area contributed by atoms with Crippen LogP contribution in [0.3, 0.4) is 0 Å². The van der Waals surface area contributed by atoms with Crippen LogP contribution in [0.15, 0.2) is 29.6 Å². The van der Waals surface area contributed by atoms with E-state index in [9.17, 15) is 9.59 Å². The number of nitrogens with one attached hydrogen (secondary N) is 1. The Morgan fingerprint density at radius 1 is 1.32 bits per heavy atom. The summed E-state index contributed by atoms with van der Waals surface area (Å²) in [5.41, 5.74) is 1.14. The summed E-state index contributed by atoms with van der Waals surface area (Å²) in [6, 6.07) is 6.37. The van der Waals surface area contributed by atoms with E-state index < -0.39 is 5.97 Å². The molecule has 1 amide bonds. The van der Waals surface area contributed by atoms with Crippen LogP contribution in [0.2, 0.25) is 5.02 Å². The van der Waals surface area contributed by atoms with Gasteiger partial charge in [-0.05, 0) is 36.1 Å². The molecule has 0 aliphatic carbocycles. The van der Waals surface area contributed by atoms with E-state index in [1.807, 2.05) is 0 Å². The molecule has 98 valence electrons. The summed E-state index contributed by atoms with van der Waals surface area (Å²) in [7, 11) is 0. The van der Waals surface area contributed by atoms with Gasteiger partial charge in [0, 0.05) is 5.69 Å². The number of carboxylic acids is 1. The average molecular weight is 296 g/mol. The van der Waals surface area contributed by atoms with Gasteiger partial charge in [0.25, 0.3) is 5.91 Å². The van der Waals surface area contributed by atoms with Gasteiger partial charge in [-0.2, -0.15) is 0 Å². The Morgan fingerprint density at radius 3 is 2.63 bits per heavy atom. The van der Waals surface area contributed by atoms with Crippen molar-refractivity contribution in [2.75, 3.05) is 5.32 Å². The molecule has 0 radical (unpaired) electrons. The fourth-order valence-electron chi connectivity index (χ4n) is 1.64. The fraction of sp³-hybridized carbons (Fsp3) is 0.0769. The van der Waals surface area contributed by atoms with E-state index in [4.69, 9.17) is 16.7 Å². The van der Waals surface area contributed by atoms with Gasteiger partial charge in [-0.1, -0.05) is 17.7 Å². The maximum absolute atomic E-state index is 12.0. The minimum absolute atomic E-state index is 0.162. The first kappa shape index (κ1) is 13.6. The molecule has 0 aliphatic rings. The third-order valence-corrected chi connectivity index (χ3v) is 3.98. The molecule has 4 nitrogen and oxygen atoms in total. The molecule has 19 heavy (non-hydrogen) atoms. The van der Waals surface area contributed by atoms with Crippen LogP contribution in [0.4, 0.5) is 5.69 Å². The highest BCUT2D eigenvalue weighted by atomic mass is 35.5. The number of benzene rings is 1. The van der Waals surface area contributed by atoms with Crippen LogP contribution in [0, 0.1) is 6.92 Å². The second kappa shape index (κ2) is 5.42. The average Bonchev–Trinajstić information content (AvgIpc) is 2.77. The van der Waals surface area contributed by atoms with E-state index in [0.29, 0.717) is 21.2 Å². The van der Waals surface area contributed by atoms with Crippen molar-refractivity contribution >= 4 is 40.5 Å². The van der Waals surface area contributed by atoms with Crippen molar-refractivity contribution in [3.63, 3.8) is 0 Å². The van der Waals surface area contributed by atoms with Crippen LogP contribution < -0.4 is 5.32 Å². The number of carbonyl (C=O) groups is 2. The smallest absolute Gasteiger partial charge is 0.336 e. The Hall–Kier alpha value is -1.85. The number of hydrogen-bond donors (Lipinski definition) is 2. The number of halogens is 1. The Kier molecular flexibility index (Phi) is 3.87. The fourth-order valence-corrected chi connectivity index (χ4v) is 2.67. The lowest BCUT2D eigenvalue weighted by Crippen LogP contribution is -2.13.